The highest BCUT2D eigenvalue weighted by Crippen LogP contribution is 2.22. The molecule has 5 nitrogen and oxygen atoms in total. The molecule has 3 rings (SSSR count). The highest BCUT2D eigenvalue weighted by atomic mass is 32.2. The second-order valence-corrected chi connectivity index (χ2v) is 7.14. The quantitative estimate of drug-likeness (QED) is 0.768. The van der Waals surface area contributed by atoms with Crippen molar-refractivity contribution in [3.63, 3.8) is 0 Å². The van der Waals surface area contributed by atoms with E-state index in [2.05, 4.69) is 10.3 Å². The molecule has 1 aliphatic rings. The van der Waals surface area contributed by atoms with Crippen LogP contribution in [0.1, 0.15) is 23.2 Å². The summed E-state index contributed by atoms with van der Waals surface area (Å²) in [4.78, 5) is 16.4. The first-order valence-corrected chi connectivity index (χ1v) is 9.52. The van der Waals surface area contributed by atoms with Crippen LogP contribution in [0.25, 0.3) is 0 Å². The molecule has 25 heavy (non-hydrogen) atoms. The predicted octanol–water partition coefficient (Wildman–Crippen LogP) is 3.52. The summed E-state index contributed by atoms with van der Waals surface area (Å²) in [6.07, 6.45) is 3.87. The van der Waals surface area contributed by atoms with Crippen LogP contribution in [0.4, 0.5) is 0 Å². The average Bonchev–Trinajstić information content (AvgIpc) is 2.67. The van der Waals surface area contributed by atoms with Gasteiger partial charge in [-0.15, -0.1) is 0 Å². The number of nitrogens with zero attached hydrogens (tertiary/aromatic N) is 1. The summed E-state index contributed by atoms with van der Waals surface area (Å²) >= 11 is 1.91. The lowest BCUT2D eigenvalue weighted by Gasteiger charge is -2.21. The lowest BCUT2D eigenvalue weighted by atomic mass is 10.2. The SMILES string of the molecule is O=C(NCCSC1CCOCC1)c1cccc(Oc2ccccn2)c1. The van der Waals surface area contributed by atoms with Crippen LogP contribution in [0, 0.1) is 0 Å². The molecule has 1 aromatic carbocycles. The van der Waals surface area contributed by atoms with Gasteiger partial charge < -0.3 is 14.8 Å². The number of carbonyl (C=O) groups is 1. The van der Waals surface area contributed by atoms with Gasteiger partial charge in [0.25, 0.3) is 5.91 Å². The Kier molecular flexibility index (Phi) is 6.71. The van der Waals surface area contributed by atoms with E-state index in [1.807, 2.05) is 36.0 Å². The van der Waals surface area contributed by atoms with Crippen molar-refractivity contribution in [1.29, 1.82) is 0 Å². The van der Waals surface area contributed by atoms with Gasteiger partial charge in [0.1, 0.15) is 5.75 Å². The maximum Gasteiger partial charge on any atom is 0.251 e. The molecule has 2 aromatic rings. The molecular weight excluding hydrogens is 336 g/mol. The van der Waals surface area contributed by atoms with Crippen molar-refractivity contribution in [3.05, 3.63) is 54.2 Å². The number of ether oxygens (including phenoxy) is 2. The molecule has 132 valence electrons. The van der Waals surface area contributed by atoms with Crippen molar-refractivity contribution < 1.29 is 14.3 Å². The highest BCUT2D eigenvalue weighted by molar-refractivity contribution is 7.99. The van der Waals surface area contributed by atoms with Crippen molar-refractivity contribution in [1.82, 2.24) is 10.3 Å². The summed E-state index contributed by atoms with van der Waals surface area (Å²) in [5, 5.41) is 3.62. The van der Waals surface area contributed by atoms with E-state index in [0.29, 0.717) is 29.0 Å². The fourth-order valence-corrected chi connectivity index (χ4v) is 3.64. The number of pyridine rings is 1. The van der Waals surface area contributed by atoms with Crippen molar-refractivity contribution in [2.24, 2.45) is 0 Å². The normalized spacial score (nSPS) is 14.9. The number of rotatable bonds is 7. The highest BCUT2D eigenvalue weighted by Gasteiger charge is 2.14. The van der Waals surface area contributed by atoms with Crippen molar-refractivity contribution >= 4 is 17.7 Å². The molecule has 0 spiro atoms. The maximum absolute atomic E-state index is 12.3. The number of carbonyl (C=O) groups excluding carboxylic acids is 1. The lowest BCUT2D eigenvalue weighted by Crippen LogP contribution is -2.27. The molecule has 1 amide bonds. The first-order valence-electron chi connectivity index (χ1n) is 8.48. The summed E-state index contributed by atoms with van der Waals surface area (Å²) in [5.41, 5.74) is 0.587. The van der Waals surface area contributed by atoms with E-state index in [0.717, 1.165) is 31.8 Å². The van der Waals surface area contributed by atoms with Gasteiger partial charge in [-0.2, -0.15) is 11.8 Å². The fraction of sp³-hybridized carbons (Fsp3) is 0.368. The lowest BCUT2D eigenvalue weighted by molar-refractivity contribution is 0.0954. The summed E-state index contributed by atoms with van der Waals surface area (Å²) in [7, 11) is 0. The Morgan fingerprint density at radius 2 is 2.12 bits per heavy atom. The Morgan fingerprint density at radius 1 is 1.24 bits per heavy atom. The molecule has 1 saturated heterocycles. The van der Waals surface area contributed by atoms with E-state index in [1.54, 1.807) is 24.4 Å². The molecule has 0 bridgehead atoms. The first kappa shape index (κ1) is 17.8. The second-order valence-electron chi connectivity index (χ2n) is 5.74. The van der Waals surface area contributed by atoms with Gasteiger partial charge in [0, 0.05) is 48.6 Å². The van der Waals surface area contributed by atoms with Gasteiger partial charge in [0.15, 0.2) is 0 Å². The zero-order valence-corrected chi connectivity index (χ0v) is 14.8. The van der Waals surface area contributed by atoms with E-state index in [-0.39, 0.29) is 5.91 Å². The largest absolute Gasteiger partial charge is 0.439 e. The van der Waals surface area contributed by atoms with Crippen LogP contribution in [0.3, 0.4) is 0 Å². The van der Waals surface area contributed by atoms with Gasteiger partial charge in [-0.05, 0) is 37.1 Å². The van der Waals surface area contributed by atoms with Crippen molar-refractivity contribution in [2.45, 2.75) is 18.1 Å². The molecule has 1 N–H and O–H groups in total. The fourth-order valence-electron chi connectivity index (χ4n) is 2.56. The number of aromatic nitrogens is 1. The molecular formula is C19H22N2O3S. The molecule has 0 unspecified atom stereocenters. The average molecular weight is 358 g/mol. The smallest absolute Gasteiger partial charge is 0.251 e. The Labute approximate surface area is 152 Å². The topological polar surface area (TPSA) is 60.5 Å². The monoisotopic (exact) mass is 358 g/mol. The minimum atomic E-state index is -0.0842. The van der Waals surface area contributed by atoms with Crippen molar-refractivity contribution in [3.8, 4) is 11.6 Å². The molecule has 6 heteroatoms. The Hall–Kier alpha value is -2.05. The Balaban J connectivity index is 1.46. The van der Waals surface area contributed by atoms with Crippen LogP contribution in [0.2, 0.25) is 0 Å². The second kappa shape index (κ2) is 9.44. The number of hydrogen-bond acceptors (Lipinski definition) is 5. The van der Waals surface area contributed by atoms with Gasteiger partial charge >= 0.3 is 0 Å². The zero-order chi connectivity index (χ0) is 17.3. The van der Waals surface area contributed by atoms with E-state index < -0.39 is 0 Å². The standard InChI is InChI=1S/C19H22N2O3S/c22-19(21-10-13-25-17-7-11-23-12-8-17)15-4-3-5-16(14-15)24-18-6-1-2-9-20-18/h1-6,9,14,17H,7-8,10-13H2,(H,21,22). The first-order chi connectivity index (χ1) is 12.3. The van der Waals surface area contributed by atoms with Crippen LogP contribution < -0.4 is 10.1 Å². The van der Waals surface area contributed by atoms with E-state index in [9.17, 15) is 4.79 Å². The van der Waals surface area contributed by atoms with E-state index >= 15 is 0 Å². The molecule has 0 aliphatic carbocycles. The molecule has 0 radical (unpaired) electrons. The minimum Gasteiger partial charge on any atom is -0.439 e. The summed E-state index contributed by atoms with van der Waals surface area (Å²) in [6.45, 7) is 2.37. The van der Waals surface area contributed by atoms with Gasteiger partial charge in [0.05, 0.1) is 0 Å². The summed E-state index contributed by atoms with van der Waals surface area (Å²) in [5.74, 6) is 1.94. The maximum atomic E-state index is 12.3. The minimum absolute atomic E-state index is 0.0842. The number of nitrogens with one attached hydrogen (secondary N) is 1. The molecule has 1 aliphatic heterocycles. The van der Waals surface area contributed by atoms with Gasteiger partial charge in [-0.3, -0.25) is 4.79 Å². The number of amides is 1. The van der Waals surface area contributed by atoms with Gasteiger partial charge in [-0.25, -0.2) is 4.98 Å². The molecule has 0 atom stereocenters. The van der Waals surface area contributed by atoms with Crippen LogP contribution >= 0.6 is 11.8 Å². The third-order valence-electron chi connectivity index (χ3n) is 3.87. The Morgan fingerprint density at radius 3 is 2.92 bits per heavy atom. The predicted molar refractivity (Wildman–Crippen MR) is 99.4 cm³/mol. The van der Waals surface area contributed by atoms with Gasteiger partial charge in [0.2, 0.25) is 5.88 Å². The van der Waals surface area contributed by atoms with Crippen LogP contribution in [-0.4, -0.2) is 41.7 Å². The summed E-state index contributed by atoms with van der Waals surface area (Å²) < 4.78 is 11.0. The molecule has 2 heterocycles. The van der Waals surface area contributed by atoms with Crippen LogP contribution in [0.15, 0.2) is 48.7 Å². The third kappa shape index (κ3) is 5.76. The Bertz CT molecular complexity index is 675. The van der Waals surface area contributed by atoms with Gasteiger partial charge in [-0.1, -0.05) is 12.1 Å². The molecule has 0 saturated carbocycles. The van der Waals surface area contributed by atoms with E-state index in [1.165, 1.54) is 0 Å². The van der Waals surface area contributed by atoms with Crippen LogP contribution in [0.5, 0.6) is 11.6 Å². The van der Waals surface area contributed by atoms with Crippen molar-refractivity contribution in [2.75, 3.05) is 25.5 Å². The molecule has 1 fully saturated rings. The molecule has 1 aromatic heterocycles. The number of hydrogen-bond donors (Lipinski definition) is 1. The van der Waals surface area contributed by atoms with E-state index in [4.69, 9.17) is 9.47 Å². The van der Waals surface area contributed by atoms with Crippen LogP contribution in [-0.2, 0) is 4.74 Å². The third-order valence-corrected chi connectivity index (χ3v) is 5.25. The summed E-state index contributed by atoms with van der Waals surface area (Å²) in [6, 6.07) is 12.6. The zero-order valence-electron chi connectivity index (χ0n) is 14.0. The number of benzene rings is 1. The number of thioether (sulfide) groups is 1.